The third-order valence-corrected chi connectivity index (χ3v) is 5.19. The normalized spacial score (nSPS) is 13.0. The molecule has 3 N–H and O–H groups in total. The van der Waals surface area contributed by atoms with Gasteiger partial charge in [-0.3, -0.25) is 4.79 Å². The van der Waals surface area contributed by atoms with E-state index in [2.05, 4.69) is 5.32 Å². The van der Waals surface area contributed by atoms with Crippen LogP contribution in [0.3, 0.4) is 0 Å². The average molecular weight is 284 g/mol. The molecule has 1 rings (SSSR count). The molecular weight excluding hydrogens is 264 g/mol. The molecular formula is C13H20N2O3S. The van der Waals surface area contributed by atoms with Crippen LogP contribution in [0.1, 0.15) is 25.8 Å². The van der Waals surface area contributed by atoms with Crippen molar-refractivity contribution in [2.45, 2.75) is 32.1 Å². The molecule has 0 saturated carbocycles. The van der Waals surface area contributed by atoms with Crippen LogP contribution in [0.4, 0.5) is 5.69 Å². The molecule has 0 aliphatic carbocycles. The topological polar surface area (TPSA) is 89.3 Å². The van der Waals surface area contributed by atoms with Gasteiger partial charge >= 0.3 is 0 Å². The largest absolute Gasteiger partial charge is 0.326 e. The standard InChI is InChI=1S/C13H20N2O3S/c1-3-10(2)19(17,18)9-13(16)15-12-6-4-5-11(7-12)8-14/h4-7,10H,3,8-9,14H2,1-2H3,(H,15,16). The summed E-state index contributed by atoms with van der Waals surface area (Å²) in [6.45, 7) is 3.76. The highest BCUT2D eigenvalue weighted by molar-refractivity contribution is 7.92. The molecule has 106 valence electrons. The van der Waals surface area contributed by atoms with E-state index in [4.69, 9.17) is 5.73 Å². The summed E-state index contributed by atoms with van der Waals surface area (Å²) in [5, 5.41) is 2.07. The van der Waals surface area contributed by atoms with E-state index in [0.717, 1.165) is 5.56 Å². The maximum atomic E-state index is 11.8. The Kier molecular flexibility index (Phi) is 5.50. The Bertz CT molecular complexity index is 541. The summed E-state index contributed by atoms with van der Waals surface area (Å²) in [5.74, 6) is -1.01. The van der Waals surface area contributed by atoms with Crippen LogP contribution >= 0.6 is 0 Å². The van der Waals surface area contributed by atoms with Gasteiger partial charge in [-0.15, -0.1) is 0 Å². The van der Waals surface area contributed by atoms with Gasteiger partial charge in [0.1, 0.15) is 5.75 Å². The van der Waals surface area contributed by atoms with Crippen molar-refractivity contribution >= 4 is 21.4 Å². The van der Waals surface area contributed by atoms with Crippen LogP contribution < -0.4 is 11.1 Å². The monoisotopic (exact) mass is 284 g/mol. The van der Waals surface area contributed by atoms with E-state index in [-0.39, 0.29) is 0 Å². The highest BCUT2D eigenvalue weighted by Crippen LogP contribution is 2.11. The second-order valence-corrected chi connectivity index (χ2v) is 6.90. The number of nitrogens with one attached hydrogen (secondary N) is 1. The molecule has 0 aliphatic heterocycles. The van der Waals surface area contributed by atoms with Crippen molar-refractivity contribution in [2.75, 3.05) is 11.1 Å². The van der Waals surface area contributed by atoms with Crippen LogP contribution in [0, 0.1) is 0 Å². The van der Waals surface area contributed by atoms with Gasteiger partial charge in [0.25, 0.3) is 0 Å². The minimum absolute atomic E-state index is 0.370. The quantitative estimate of drug-likeness (QED) is 0.824. The fraction of sp³-hybridized carbons (Fsp3) is 0.462. The predicted molar refractivity (Wildman–Crippen MR) is 76.5 cm³/mol. The summed E-state index contributed by atoms with van der Waals surface area (Å²) in [4.78, 5) is 11.7. The van der Waals surface area contributed by atoms with E-state index >= 15 is 0 Å². The molecule has 1 atom stereocenters. The highest BCUT2D eigenvalue weighted by Gasteiger charge is 2.22. The van der Waals surface area contributed by atoms with Crippen LogP contribution in [0.2, 0.25) is 0 Å². The average Bonchev–Trinajstić information content (AvgIpc) is 2.37. The van der Waals surface area contributed by atoms with Gasteiger partial charge in [0, 0.05) is 12.2 Å². The second kappa shape index (κ2) is 6.68. The van der Waals surface area contributed by atoms with Crippen LogP contribution in [0.5, 0.6) is 0 Å². The minimum Gasteiger partial charge on any atom is -0.326 e. The van der Waals surface area contributed by atoms with E-state index < -0.39 is 26.7 Å². The number of rotatable bonds is 6. The lowest BCUT2D eigenvalue weighted by molar-refractivity contribution is -0.113. The molecule has 1 amide bonds. The number of hydrogen-bond donors (Lipinski definition) is 2. The number of carbonyl (C=O) groups excluding carboxylic acids is 1. The van der Waals surface area contributed by atoms with Gasteiger partial charge in [0.15, 0.2) is 9.84 Å². The molecule has 1 aromatic carbocycles. The van der Waals surface area contributed by atoms with Crippen molar-refractivity contribution < 1.29 is 13.2 Å². The van der Waals surface area contributed by atoms with Gasteiger partial charge in [0.05, 0.1) is 5.25 Å². The van der Waals surface area contributed by atoms with Crippen molar-refractivity contribution in [2.24, 2.45) is 5.73 Å². The fourth-order valence-corrected chi connectivity index (χ4v) is 2.78. The third-order valence-electron chi connectivity index (χ3n) is 2.97. The Morgan fingerprint density at radius 1 is 1.42 bits per heavy atom. The van der Waals surface area contributed by atoms with Crippen LogP contribution in [0.15, 0.2) is 24.3 Å². The van der Waals surface area contributed by atoms with E-state index in [9.17, 15) is 13.2 Å². The molecule has 19 heavy (non-hydrogen) atoms. The van der Waals surface area contributed by atoms with Crippen molar-refractivity contribution in [3.63, 3.8) is 0 Å². The maximum Gasteiger partial charge on any atom is 0.239 e. The summed E-state index contributed by atoms with van der Waals surface area (Å²) >= 11 is 0. The summed E-state index contributed by atoms with van der Waals surface area (Å²) in [6.07, 6.45) is 0.498. The molecule has 0 fully saturated rings. The van der Waals surface area contributed by atoms with Gasteiger partial charge in [-0.1, -0.05) is 19.1 Å². The van der Waals surface area contributed by atoms with Gasteiger partial charge < -0.3 is 11.1 Å². The number of benzene rings is 1. The van der Waals surface area contributed by atoms with Crippen LogP contribution in [-0.2, 0) is 21.2 Å². The Hall–Kier alpha value is -1.40. The smallest absolute Gasteiger partial charge is 0.239 e. The Morgan fingerprint density at radius 2 is 2.11 bits per heavy atom. The Morgan fingerprint density at radius 3 is 2.68 bits per heavy atom. The summed E-state index contributed by atoms with van der Waals surface area (Å²) in [5.41, 5.74) is 6.94. The first-order chi connectivity index (χ1) is 8.89. The Labute approximate surface area is 114 Å². The van der Waals surface area contributed by atoms with Gasteiger partial charge in [-0.2, -0.15) is 0 Å². The molecule has 1 unspecified atom stereocenters. The Balaban J connectivity index is 2.70. The summed E-state index contributed by atoms with van der Waals surface area (Å²) in [6, 6.07) is 7.03. The van der Waals surface area contributed by atoms with Crippen LogP contribution in [0.25, 0.3) is 0 Å². The molecule has 0 aromatic heterocycles. The molecule has 0 bridgehead atoms. The van der Waals surface area contributed by atoms with E-state index in [0.29, 0.717) is 18.7 Å². The molecule has 0 heterocycles. The van der Waals surface area contributed by atoms with E-state index in [1.165, 1.54) is 0 Å². The number of nitrogens with two attached hydrogens (primary N) is 1. The van der Waals surface area contributed by atoms with Gasteiger partial charge in [-0.05, 0) is 31.0 Å². The van der Waals surface area contributed by atoms with Crippen molar-refractivity contribution in [3.8, 4) is 0 Å². The highest BCUT2D eigenvalue weighted by atomic mass is 32.2. The van der Waals surface area contributed by atoms with Crippen molar-refractivity contribution in [1.29, 1.82) is 0 Å². The lowest BCUT2D eigenvalue weighted by Crippen LogP contribution is -2.29. The summed E-state index contributed by atoms with van der Waals surface area (Å²) < 4.78 is 23.6. The van der Waals surface area contributed by atoms with Crippen LogP contribution in [-0.4, -0.2) is 25.3 Å². The fourth-order valence-electron chi connectivity index (χ4n) is 1.55. The zero-order chi connectivity index (χ0) is 14.5. The maximum absolute atomic E-state index is 11.8. The second-order valence-electron chi connectivity index (χ2n) is 4.48. The minimum atomic E-state index is -3.38. The molecule has 0 saturated heterocycles. The van der Waals surface area contributed by atoms with Gasteiger partial charge in [-0.25, -0.2) is 8.42 Å². The number of hydrogen-bond acceptors (Lipinski definition) is 4. The molecule has 0 aliphatic rings. The molecule has 0 radical (unpaired) electrons. The first-order valence-electron chi connectivity index (χ1n) is 6.19. The zero-order valence-corrected chi connectivity index (χ0v) is 12.0. The van der Waals surface area contributed by atoms with Crippen molar-refractivity contribution in [1.82, 2.24) is 0 Å². The number of carbonyl (C=O) groups is 1. The molecule has 1 aromatic rings. The first kappa shape index (κ1) is 15.7. The van der Waals surface area contributed by atoms with Gasteiger partial charge in [0.2, 0.25) is 5.91 Å². The van der Waals surface area contributed by atoms with E-state index in [1.807, 2.05) is 6.07 Å². The predicted octanol–water partition coefficient (Wildman–Crippen LogP) is 1.30. The first-order valence-corrected chi connectivity index (χ1v) is 7.91. The lowest BCUT2D eigenvalue weighted by atomic mass is 10.2. The summed E-state index contributed by atoms with van der Waals surface area (Å²) in [7, 11) is -3.38. The molecule has 0 spiro atoms. The van der Waals surface area contributed by atoms with Crippen molar-refractivity contribution in [3.05, 3.63) is 29.8 Å². The number of amides is 1. The van der Waals surface area contributed by atoms with E-state index in [1.54, 1.807) is 32.0 Å². The third kappa shape index (κ3) is 4.65. The molecule has 6 heteroatoms. The number of sulfone groups is 1. The zero-order valence-electron chi connectivity index (χ0n) is 11.2. The SMILES string of the molecule is CCC(C)S(=O)(=O)CC(=O)Nc1cccc(CN)c1. The lowest BCUT2D eigenvalue weighted by Gasteiger charge is -2.11. The molecule has 5 nitrogen and oxygen atoms in total. The number of anilines is 1.